The summed E-state index contributed by atoms with van der Waals surface area (Å²) in [5, 5.41) is 8.81. The fraction of sp³-hybridized carbons (Fsp3) is 0.400. The summed E-state index contributed by atoms with van der Waals surface area (Å²) in [5.41, 5.74) is 0. The average Bonchev–Trinajstić information content (AvgIpc) is 2.48. The smallest absolute Gasteiger partial charge is 0.326 e. The first-order valence-corrected chi connectivity index (χ1v) is 5.51. The zero-order valence-electron chi connectivity index (χ0n) is 8.27. The van der Waals surface area contributed by atoms with Gasteiger partial charge in [-0.1, -0.05) is 0 Å². The summed E-state index contributed by atoms with van der Waals surface area (Å²) in [4.78, 5) is 25.7. The van der Waals surface area contributed by atoms with Crippen LogP contribution >= 0.6 is 11.3 Å². The van der Waals surface area contributed by atoms with Crippen molar-refractivity contribution in [2.24, 2.45) is 0 Å². The Kier molecular flexibility index (Phi) is 2.48. The number of aliphatic carboxylic acids is 1. The van der Waals surface area contributed by atoms with E-state index in [0.29, 0.717) is 17.8 Å². The number of carboxylic acids is 1. The molecular weight excluding hydrogens is 214 g/mol. The number of nitrogens with zero attached hydrogens (tertiary/aromatic N) is 1. The lowest BCUT2D eigenvalue weighted by Gasteiger charge is -2.37. The molecule has 1 aromatic heterocycles. The van der Waals surface area contributed by atoms with E-state index in [-0.39, 0.29) is 5.91 Å². The van der Waals surface area contributed by atoms with E-state index in [4.69, 9.17) is 5.11 Å². The third-order valence-electron chi connectivity index (χ3n) is 2.52. The molecule has 1 unspecified atom stereocenters. The normalized spacial score (nSPS) is 19.8. The summed E-state index contributed by atoms with van der Waals surface area (Å²) in [6.07, 6.45) is 0.561. The molecule has 1 atom stereocenters. The van der Waals surface area contributed by atoms with E-state index in [1.165, 1.54) is 16.2 Å². The lowest BCUT2D eigenvalue weighted by atomic mass is 10.0. The molecule has 1 amide bonds. The molecule has 1 aromatic rings. The summed E-state index contributed by atoms with van der Waals surface area (Å²) < 4.78 is 0. The van der Waals surface area contributed by atoms with Gasteiger partial charge in [0.05, 0.1) is 4.88 Å². The van der Waals surface area contributed by atoms with Crippen LogP contribution in [0.3, 0.4) is 0 Å². The molecule has 80 valence electrons. The quantitative estimate of drug-likeness (QED) is 0.826. The summed E-state index contributed by atoms with van der Waals surface area (Å²) in [7, 11) is 0. The second kappa shape index (κ2) is 3.66. The van der Waals surface area contributed by atoms with E-state index in [2.05, 4.69) is 0 Å². The fourth-order valence-electron chi connectivity index (χ4n) is 1.58. The maximum atomic E-state index is 11.8. The van der Waals surface area contributed by atoms with Gasteiger partial charge in [-0.2, -0.15) is 0 Å². The molecule has 1 fully saturated rings. The number of carbonyl (C=O) groups is 2. The first-order chi connectivity index (χ1) is 7.09. The Bertz CT molecular complexity index is 413. The molecule has 1 aliphatic rings. The second-order valence-electron chi connectivity index (χ2n) is 3.55. The van der Waals surface area contributed by atoms with Gasteiger partial charge in [0.15, 0.2) is 0 Å². The third kappa shape index (κ3) is 1.74. The van der Waals surface area contributed by atoms with Crippen LogP contribution in [0.1, 0.15) is 21.0 Å². The number of carbonyl (C=O) groups excluding carboxylic acids is 1. The van der Waals surface area contributed by atoms with Crippen LogP contribution in [-0.2, 0) is 4.79 Å². The molecule has 0 aromatic carbocycles. The van der Waals surface area contributed by atoms with E-state index in [0.717, 1.165) is 4.88 Å². The molecule has 0 saturated carbocycles. The Morgan fingerprint density at radius 2 is 2.27 bits per heavy atom. The number of likely N-dealkylation sites (tertiary alicyclic amines) is 1. The molecule has 2 rings (SSSR count). The van der Waals surface area contributed by atoms with Crippen molar-refractivity contribution in [3.63, 3.8) is 0 Å². The van der Waals surface area contributed by atoms with Crippen LogP contribution in [0.25, 0.3) is 0 Å². The number of hydrogen-bond donors (Lipinski definition) is 1. The van der Waals surface area contributed by atoms with Crippen LogP contribution in [0.2, 0.25) is 0 Å². The topological polar surface area (TPSA) is 57.6 Å². The number of rotatable bonds is 2. The van der Waals surface area contributed by atoms with Gasteiger partial charge in [0.1, 0.15) is 6.04 Å². The molecule has 0 aliphatic carbocycles. The summed E-state index contributed by atoms with van der Waals surface area (Å²) >= 11 is 1.40. The number of hydrogen-bond acceptors (Lipinski definition) is 3. The highest BCUT2D eigenvalue weighted by molar-refractivity contribution is 7.13. The zero-order valence-corrected chi connectivity index (χ0v) is 9.08. The number of carboxylic acid groups (broad SMARTS) is 1. The van der Waals surface area contributed by atoms with Crippen molar-refractivity contribution < 1.29 is 14.7 Å². The predicted octanol–water partition coefficient (Wildman–Crippen LogP) is 1.36. The Labute approximate surface area is 91.1 Å². The fourth-order valence-corrected chi connectivity index (χ4v) is 2.40. The molecule has 1 aliphatic heterocycles. The van der Waals surface area contributed by atoms with Crippen LogP contribution in [0.5, 0.6) is 0 Å². The highest BCUT2D eigenvalue weighted by atomic mass is 32.1. The van der Waals surface area contributed by atoms with Crippen LogP contribution in [0, 0.1) is 6.92 Å². The maximum Gasteiger partial charge on any atom is 0.326 e. The Morgan fingerprint density at radius 1 is 1.53 bits per heavy atom. The van der Waals surface area contributed by atoms with E-state index >= 15 is 0 Å². The van der Waals surface area contributed by atoms with E-state index < -0.39 is 12.0 Å². The minimum Gasteiger partial charge on any atom is -0.480 e. The van der Waals surface area contributed by atoms with Crippen molar-refractivity contribution in [3.05, 3.63) is 21.9 Å². The maximum absolute atomic E-state index is 11.8. The zero-order chi connectivity index (χ0) is 11.0. The lowest BCUT2D eigenvalue weighted by molar-refractivity contribution is -0.146. The van der Waals surface area contributed by atoms with Crippen LogP contribution in [0.15, 0.2) is 12.1 Å². The second-order valence-corrected chi connectivity index (χ2v) is 4.84. The van der Waals surface area contributed by atoms with Crippen molar-refractivity contribution in [2.45, 2.75) is 19.4 Å². The van der Waals surface area contributed by atoms with E-state index in [1.54, 1.807) is 6.07 Å². The van der Waals surface area contributed by atoms with Gasteiger partial charge in [-0.05, 0) is 25.5 Å². The minimum absolute atomic E-state index is 0.160. The Morgan fingerprint density at radius 3 is 2.67 bits per heavy atom. The van der Waals surface area contributed by atoms with Crippen molar-refractivity contribution in [3.8, 4) is 0 Å². The van der Waals surface area contributed by atoms with Gasteiger partial charge in [-0.25, -0.2) is 4.79 Å². The standard InChI is InChI=1S/C10H11NO3S/c1-6-2-3-8(15-6)9(12)11-5-4-7(11)10(13)14/h2-3,7H,4-5H2,1H3,(H,13,14). The Balaban J connectivity index is 2.12. The highest BCUT2D eigenvalue weighted by Gasteiger charge is 2.38. The van der Waals surface area contributed by atoms with Crippen LogP contribution in [-0.4, -0.2) is 34.5 Å². The van der Waals surface area contributed by atoms with Gasteiger partial charge >= 0.3 is 5.97 Å². The van der Waals surface area contributed by atoms with E-state index in [9.17, 15) is 9.59 Å². The van der Waals surface area contributed by atoms with Gasteiger partial charge in [-0.3, -0.25) is 4.79 Å². The molecule has 1 N–H and O–H groups in total. The molecule has 0 bridgehead atoms. The first-order valence-electron chi connectivity index (χ1n) is 4.70. The number of aryl methyl sites for hydroxylation is 1. The van der Waals surface area contributed by atoms with E-state index in [1.807, 2.05) is 13.0 Å². The lowest BCUT2D eigenvalue weighted by Crippen LogP contribution is -2.54. The SMILES string of the molecule is Cc1ccc(C(=O)N2CCC2C(=O)O)s1. The monoisotopic (exact) mass is 225 g/mol. The average molecular weight is 225 g/mol. The highest BCUT2D eigenvalue weighted by Crippen LogP contribution is 2.24. The van der Waals surface area contributed by atoms with Gasteiger partial charge in [0, 0.05) is 11.4 Å². The molecule has 4 nitrogen and oxygen atoms in total. The predicted molar refractivity (Wildman–Crippen MR) is 56.1 cm³/mol. The molecule has 0 radical (unpaired) electrons. The summed E-state index contributed by atoms with van der Waals surface area (Å²) in [6.45, 7) is 2.47. The van der Waals surface area contributed by atoms with Gasteiger partial charge in [0.25, 0.3) is 5.91 Å². The Hall–Kier alpha value is -1.36. The molecule has 2 heterocycles. The molecule has 1 saturated heterocycles. The molecular formula is C10H11NO3S. The van der Waals surface area contributed by atoms with Crippen molar-refractivity contribution in [2.75, 3.05) is 6.54 Å². The molecule has 15 heavy (non-hydrogen) atoms. The third-order valence-corrected chi connectivity index (χ3v) is 3.51. The molecule has 5 heteroatoms. The van der Waals surface area contributed by atoms with Gasteiger partial charge < -0.3 is 10.0 Å². The first kappa shape index (κ1) is 10.2. The summed E-state index contributed by atoms with van der Waals surface area (Å²) in [5.74, 6) is -1.07. The van der Waals surface area contributed by atoms with Gasteiger partial charge in [-0.15, -0.1) is 11.3 Å². The minimum atomic E-state index is -0.914. The van der Waals surface area contributed by atoms with Crippen molar-refractivity contribution in [1.82, 2.24) is 4.90 Å². The van der Waals surface area contributed by atoms with Crippen molar-refractivity contribution in [1.29, 1.82) is 0 Å². The van der Waals surface area contributed by atoms with Crippen LogP contribution in [0.4, 0.5) is 0 Å². The van der Waals surface area contributed by atoms with Gasteiger partial charge in [0.2, 0.25) is 0 Å². The van der Waals surface area contributed by atoms with Crippen molar-refractivity contribution >= 4 is 23.2 Å². The molecule has 0 spiro atoms. The number of thiophene rings is 1. The van der Waals surface area contributed by atoms with Crippen LogP contribution < -0.4 is 0 Å². The number of amides is 1. The summed E-state index contributed by atoms with van der Waals surface area (Å²) in [6, 6.07) is 2.99. The largest absolute Gasteiger partial charge is 0.480 e.